The number of hydrogen-bond acceptors (Lipinski definition) is 2. The minimum absolute atomic E-state index is 0.0684. The predicted molar refractivity (Wildman–Crippen MR) is 82.4 cm³/mol. The quantitative estimate of drug-likeness (QED) is 0.587. The maximum atomic E-state index is 8.95. The van der Waals surface area contributed by atoms with Crippen LogP contribution in [0.15, 0.2) is 65.3 Å². The van der Waals surface area contributed by atoms with E-state index in [0.29, 0.717) is 17.1 Å². The SMILES string of the molecule is [C-]#[N+]/C(C#N)=C1\C=C(C)OC(C=Cc2ccc(C)cc2)=C1. The van der Waals surface area contributed by atoms with Crippen molar-refractivity contribution in [2.45, 2.75) is 13.8 Å². The van der Waals surface area contributed by atoms with E-state index in [2.05, 4.69) is 4.85 Å². The number of nitriles is 1. The van der Waals surface area contributed by atoms with Crippen LogP contribution in [0.5, 0.6) is 0 Å². The molecule has 102 valence electrons. The van der Waals surface area contributed by atoms with Crippen LogP contribution in [0.4, 0.5) is 0 Å². The summed E-state index contributed by atoms with van der Waals surface area (Å²) in [6.45, 7) is 10.8. The van der Waals surface area contributed by atoms with Gasteiger partial charge in [-0.15, -0.1) is 0 Å². The standard InChI is InChI=1S/C18H14N2O/c1-13-4-6-15(7-5-13)8-9-17-11-16(10-14(2)21-17)18(12-19)20-3/h4-11H,1-2H3/b9-8?,18-16+. The van der Waals surface area contributed by atoms with Crippen molar-refractivity contribution in [3.63, 3.8) is 0 Å². The average molecular weight is 274 g/mol. The molecule has 0 N–H and O–H groups in total. The molecule has 1 aromatic rings. The van der Waals surface area contributed by atoms with Gasteiger partial charge in [0.1, 0.15) is 11.5 Å². The number of benzene rings is 1. The Balaban J connectivity index is 2.29. The third kappa shape index (κ3) is 3.72. The van der Waals surface area contributed by atoms with Gasteiger partial charge in [-0.2, -0.15) is 0 Å². The van der Waals surface area contributed by atoms with Crippen LogP contribution in [0.3, 0.4) is 0 Å². The van der Waals surface area contributed by atoms with Crippen molar-refractivity contribution in [3.05, 3.63) is 87.8 Å². The van der Waals surface area contributed by atoms with Crippen LogP contribution in [0.25, 0.3) is 10.9 Å². The Bertz CT molecular complexity index is 732. The molecule has 3 heteroatoms. The molecule has 0 unspecified atom stereocenters. The van der Waals surface area contributed by atoms with Crippen molar-refractivity contribution in [1.82, 2.24) is 0 Å². The lowest BCUT2D eigenvalue weighted by molar-refractivity contribution is 0.318. The summed E-state index contributed by atoms with van der Waals surface area (Å²) in [5, 5.41) is 8.95. The van der Waals surface area contributed by atoms with Gasteiger partial charge in [0.15, 0.2) is 0 Å². The molecule has 3 nitrogen and oxygen atoms in total. The molecular weight excluding hydrogens is 260 g/mol. The number of rotatable bonds is 2. The molecule has 1 aliphatic rings. The summed E-state index contributed by atoms with van der Waals surface area (Å²) in [4.78, 5) is 3.23. The molecule has 1 aromatic carbocycles. The third-order valence-electron chi connectivity index (χ3n) is 2.94. The van der Waals surface area contributed by atoms with Gasteiger partial charge in [0.05, 0.1) is 12.6 Å². The van der Waals surface area contributed by atoms with Crippen molar-refractivity contribution in [1.29, 1.82) is 5.26 Å². The zero-order chi connectivity index (χ0) is 15.2. The van der Waals surface area contributed by atoms with Gasteiger partial charge in [-0.3, -0.25) is 0 Å². The second-order valence-corrected chi connectivity index (χ2v) is 4.68. The highest BCUT2D eigenvalue weighted by atomic mass is 16.5. The van der Waals surface area contributed by atoms with E-state index in [1.807, 2.05) is 49.4 Å². The Kier molecular flexibility index (Phi) is 4.39. The van der Waals surface area contributed by atoms with Crippen molar-refractivity contribution >= 4 is 6.08 Å². The van der Waals surface area contributed by atoms with E-state index in [1.54, 1.807) is 19.1 Å². The van der Waals surface area contributed by atoms with Gasteiger partial charge in [0.25, 0.3) is 5.70 Å². The van der Waals surface area contributed by atoms with Gasteiger partial charge < -0.3 is 4.74 Å². The van der Waals surface area contributed by atoms with Crippen molar-refractivity contribution in [2.24, 2.45) is 0 Å². The second-order valence-electron chi connectivity index (χ2n) is 4.68. The normalized spacial score (nSPS) is 16.4. The largest absolute Gasteiger partial charge is 0.462 e. The Labute approximate surface area is 124 Å². The molecule has 21 heavy (non-hydrogen) atoms. The number of ether oxygens (including phenoxy) is 1. The summed E-state index contributed by atoms with van der Waals surface area (Å²) in [6, 6.07) is 10.0. The number of nitrogens with zero attached hydrogens (tertiary/aromatic N) is 2. The van der Waals surface area contributed by atoms with Gasteiger partial charge >= 0.3 is 0 Å². The molecule has 0 aliphatic carbocycles. The molecule has 0 radical (unpaired) electrons. The molecule has 0 bridgehead atoms. The fourth-order valence-corrected chi connectivity index (χ4v) is 1.89. The monoisotopic (exact) mass is 274 g/mol. The Morgan fingerprint density at radius 1 is 1.19 bits per heavy atom. The smallest absolute Gasteiger partial charge is 0.269 e. The Morgan fingerprint density at radius 2 is 1.90 bits per heavy atom. The molecular formula is C18H14N2O. The second kappa shape index (κ2) is 6.41. The van der Waals surface area contributed by atoms with E-state index in [4.69, 9.17) is 16.6 Å². The van der Waals surface area contributed by atoms with E-state index in [1.165, 1.54) is 5.56 Å². The highest BCUT2D eigenvalue weighted by Crippen LogP contribution is 2.23. The fourth-order valence-electron chi connectivity index (χ4n) is 1.89. The molecule has 0 amide bonds. The maximum absolute atomic E-state index is 8.95. The lowest BCUT2D eigenvalue weighted by atomic mass is 10.1. The third-order valence-corrected chi connectivity index (χ3v) is 2.94. The van der Waals surface area contributed by atoms with Crippen molar-refractivity contribution < 1.29 is 4.74 Å². The minimum atomic E-state index is 0.0684. The van der Waals surface area contributed by atoms with Crippen LogP contribution < -0.4 is 0 Å². The van der Waals surface area contributed by atoms with E-state index in [0.717, 1.165) is 5.56 Å². The molecule has 1 heterocycles. The molecule has 0 aromatic heterocycles. The number of allylic oxidation sites excluding steroid dienone is 6. The van der Waals surface area contributed by atoms with Gasteiger partial charge in [0.2, 0.25) is 0 Å². The first-order valence-corrected chi connectivity index (χ1v) is 6.47. The van der Waals surface area contributed by atoms with Crippen molar-refractivity contribution in [3.8, 4) is 6.07 Å². The maximum Gasteiger partial charge on any atom is 0.269 e. The summed E-state index contributed by atoms with van der Waals surface area (Å²) < 4.78 is 5.59. The van der Waals surface area contributed by atoms with Crippen LogP contribution in [0, 0.1) is 24.8 Å². The minimum Gasteiger partial charge on any atom is -0.462 e. The van der Waals surface area contributed by atoms with Crippen LogP contribution in [0.2, 0.25) is 0 Å². The van der Waals surface area contributed by atoms with Crippen molar-refractivity contribution in [2.75, 3.05) is 0 Å². The molecule has 0 saturated carbocycles. The van der Waals surface area contributed by atoms with Crippen LogP contribution in [-0.4, -0.2) is 0 Å². The highest BCUT2D eigenvalue weighted by molar-refractivity contribution is 5.56. The van der Waals surface area contributed by atoms with Gasteiger partial charge in [-0.05, 0) is 43.2 Å². The summed E-state index contributed by atoms with van der Waals surface area (Å²) in [7, 11) is 0. The van der Waals surface area contributed by atoms with E-state index < -0.39 is 0 Å². The average Bonchev–Trinajstić information content (AvgIpc) is 2.47. The van der Waals surface area contributed by atoms with E-state index in [-0.39, 0.29) is 5.70 Å². The Morgan fingerprint density at radius 3 is 2.52 bits per heavy atom. The van der Waals surface area contributed by atoms with E-state index in [9.17, 15) is 0 Å². The van der Waals surface area contributed by atoms with Gasteiger partial charge in [-0.1, -0.05) is 35.9 Å². The molecule has 2 rings (SSSR count). The predicted octanol–water partition coefficient (Wildman–Crippen LogP) is 4.52. The lowest BCUT2D eigenvalue weighted by Crippen LogP contribution is -1.96. The van der Waals surface area contributed by atoms with Crippen LogP contribution >= 0.6 is 0 Å². The molecule has 0 saturated heterocycles. The lowest BCUT2D eigenvalue weighted by Gasteiger charge is -2.13. The first kappa shape index (κ1) is 14.4. The topological polar surface area (TPSA) is 37.4 Å². The summed E-state index contributed by atoms with van der Waals surface area (Å²) in [5.74, 6) is 1.27. The summed E-state index contributed by atoms with van der Waals surface area (Å²) >= 11 is 0. The molecule has 0 fully saturated rings. The van der Waals surface area contributed by atoms with E-state index >= 15 is 0 Å². The van der Waals surface area contributed by atoms with Crippen LogP contribution in [-0.2, 0) is 4.74 Å². The first-order chi connectivity index (χ1) is 10.1. The fraction of sp³-hybridized carbons (Fsp3) is 0.111. The molecule has 0 spiro atoms. The van der Waals surface area contributed by atoms with Gasteiger partial charge in [-0.25, -0.2) is 10.1 Å². The summed E-state index contributed by atoms with van der Waals surface area (Å²) in [5.41, 5.74) is 2.92. The number of aryl methyl sites for hydroxylation is 1. The molecule has 1 aliphatic heterocycles. The zero-order valence-corrected chi connectivity index (χ0v) is 11.9. The first-order valence-electron chi connectivity index (χ1n) is 6.47. The Hall–Kier alpha value is -3.04. The highest BCUT2D eigenvalue weighted by Gasteiger charge is 2.10. The zero-order valence-electron chi connectivity index (χ0n) is 11.9. The summed E-state index contributed by atoms with van der Waals surface area (Å²) in [6.07, 6.45) is 7.17. The molecule has 0 atom stereocenters. The van der Waals surface area contributed by atoms with Gasteiger partial charge in [0, 0.05) is 0 Å². The van der Waals surface area contributed by atoms with Crippen LogP contribution in [0.1, 0.15) is 18.1 Å². The number of hydrogen-bond donors (Lipinski definition) is 0.